The largest absolute Gasteiger partial charge is 0.462 e. The normalized spacial score (nSPS) is 10.4. The molecular formula is C21H24O4. The van der Waals surface area contributed by atoms with Gasteiger partial charge in [-0.15, -0.1) is 0 Å². The molecule has 0 aliphatic carbocycles. The molecule has 0 aliphatic rings. The fraction of sp³-hybridized carbons (Fsp3) is 0.333. The molecule has 0 saturated heterocycles. The second kappa shape index (κ2) is 7.97. The number of carbonyl (C=O) groups is 2. The molecule has 4 heteroatoms. The maximum absolute atomic E-state index is 12.6. The molecule has 0 aliphatic heterocycles. The highest BCUT2D eigenvalue weighted by Crippen LogP contribution is 2.35. The summed E-state index contributed by atoms with van der Waals surface area (Å²) in [6.45, 7) is 9.64. The van der Waals surface area contributed by atoms with Crippen LogP contribution in [-0.2, 0) is 9.47 Å². The number of carbonyl (C=O) groups excluding carboxylic acids is 2. The van der Waals surface area contributed by atoms with Gasteiger partial charge in [-0.05, 0) is 62.4 Å². The second-order valence-electron chi connectivity index (χ2n) is 5.81. The minimum absolute atomic E-state index is 0.244. The molecule has 0 bridgehead atoms. The van der Waals surface area contributed by atoms with Gasteiger partial charge in [-0.2, -0.15) is 0 Å². The summed E-state index contributed by atoms with van der Waals surface area (Å²) >= 11 is 0. The van der Waals surface area contributed by atoms with Gasteiger partial charge in [-0.25, -0.2) is 9.59 Å². The summed E-state index contributed by atoms with van der Waals surface area (Å²) in [7, 11) is 0. The van der Waals surface area contributed by atoms with Gasteiger partial charge in [-0.3, -0.25) is 0 Å². The van der Waals surface area contributed by atoms with E-state index in [0.29, 0.717) is 11.1 Å². The molecule has 2 aromatic carbocycles. The summed E-state index contributed by atoms with van der Waals surface area (Å²) < 4.78 is 10.4. The van der Waals surface area contributed by atoms with Crippen molar-refractivity contribution in [3.05, 3.63) is 58.1 Å². The summed E-state index contributed by atoms with van der Waals surface area (Å²) in [6.07, 6.45) is 0. The van der Waals surface area contributed by atoms with E-state index >= 15 is 0 Å². The Bertz CT molecular complexity index is 792. The van der Waals surface area contributed by atoms with E-state index in [1.807, 2.05) is 51.1 Å². The molecule has 0 saturated carbocycles. The Balaban J connectivity index is 2.83. The highest BCUT2D eigenvalue weighted by Gasteiger charge is 2.28. The monoisotopic (exact) mass is 340 g/mol. The third-order valence-corrected chi connectivity index (χ3v) is 4.33. The molecule has 132 valence electrons. The summed E-state index contributed by atoms with van der Waals surface area (Å²) in [4.78, 5) is 25.1. The van der Waals surface area contributed by atoms with E-state index in [2.05, 4.69) is 0 Å². The molecule has 0 fully saturated rings. The topological polar surface area (TPSA) is 52.6 Å². The van der Waals surface area contributed by atoms with E-state index < -0.39 is 11.9 Å². The lowest BCUT2D eigenvalue weighted by Crippen LogP contribution is -2.19. The van der Waals surface area contributed by atoms with E-state index in [9.17, 15) is 9.59 Å². The van der Waals surface area contributed by atoms with Crippen molar-refractivity contribution in [3.63, 3.8) is 0 Å². The molecule has 0 radical (unpaired) electrons. The molecular weight excluding hydrogens is 316 g/mol. The maximum Gasteiger partial charge on any atom is 0.339 e. The van der Waals surface area contributed by atoms with E-state index in [-0.39, 0.29) is 13.2 Å². The van der Waals surface area contributed by atoms with Crippen molar-refractivity contribution in [2.45, 2.75) is 34.6 Å². The lowest BCUT2D eigenvalue weighted by atomic mass is 9.85. The Labute approximate surface area is 148 Å². The van der Waals surface area contributed by atoms with Gasteiger partial charge < -0.3 is 9.47 Å². The predicted octanol–water partition coefficient (Wildman–Crippen LogP) is 4.63. The van der Waals surface area contributed by atoms with E-state index in [4.69, 9.17) is 9.47 Å². The van der Waals surface area contributed by atoms with Gasteiger partial charge in [0.25, 0.3) is 0 Å². The number of benzene rings is 2. The van der Waals surface area contributed by atoms with Crippen molar-refractivity contribution >= 4 is 11.9 Å². The molecule has 2 aromatic rings. The molecule has 0 N–H and O–H groups in total. The summed E-state index contributed by atoms with van der Waals surface area (Å²) in [5.74, 6) is -0.989. The number of ether oxygens (including phenoxy) is 2. The average Bonchev–Trinajstić information content (AvgIpc) is 2.59. The van der Waals surface area contributed by atoms with E-state index in [1.165, 1.54) is 0 Å². The van der Waals surface area contributed by atoms with Crippen molar-refractivity contribution in [1.29, 1.82) is 0 Å². The van der Waals surface area contributed by atoms with Gasteiger partial charge in [-0.1, -0.05) is 30.3 Å². The Morgan fingerprint density at radius 1 is 0.760 bits per heavy atom. The van der Waals surface area contributed by atoms with Crippen LogP contribution in [0.5, 0.6) is 0 Å². The highest BCUT2D eigenvalue weighted by molar-refractivity contribution is 6.07. The second-order valence-corrected chi connectivity index (χ2v) is 5.81. The van der Waals surface area contributed by atoms with Crippen molar-refractivity contribution in [2.75, 3.05) is 13.2 Å². The minimum atomic E-state index is -0.497. The molecule has 4 nitrogen and oxygen atoms in total. The number of rotatable bonds is 5. The zero-order chi connectivity index (χ0) is 18.6. The standard InChI is InChI=1S/C21H24O4/c1-6-24-20(22)18-14(4)13(3)17(16-11-9-8-10-12-16)15(5)19(18)21(23)25-7-2/h8-12H,6-7H2,1-5H3. The number of hydrogen-bond donors (Lipinski definition) is 0. The molecule has 0 heterocycles. The Morgan fingerprint density at radius 2 is 1.24 bits per heavy atom. The van der Waals surface area contributed by atoms with Crippen molar-refractivity contribution in [3.8, 4) is 11.1 Å². The molecule has 2 rings (SSSR count). The lowest BCUT2D eigenvalue weighted by Gasteiger charge is -2.20. The smallest absolute Gasteiger partial charge is 0.339 e. The zero-order valence-corrected chi connectivity index (χ0v) is 15.4. The van der Waals surface area contributed by atoms with Crippen LogP contribution in [0.3, 0.4) is 0 Å². The van der Waals surface area contributed by atoms with Crippen molar-refractivity contribution in [2.24, 2.45) is 0 Å². The number of hydrogen-bond acceptors (Lipinski definition) is 4. The van der Waals surface area contributed by atoms with Crippen LogP contribution in [-0.4, -0.2) is 25.2 Å². The Morgan fingerprint density at radius 3 is 1.72 bits per heavy atom. The van der Waals surface area contributed by atoms with Crippen LogP contribution in [0.15, 0.2) is 30.3 Å². The summed E-state index contributed by atoms with van der Waals surface area (Å²) in [5, 5.41) is 0. The lowest BCUT2D eigenvalue weighted by molar-refractivity contribution is 0.0477. The Hall–Kier alpha value is -2.62. The summed E-state index contributed by atoms with van der Waals surface area (Å²) in [6, 6.07) is 9.83. The molecule has 0 aromatic heterocycles. The molecule has 0 spiro atoms. The van der Waals surface area contributed by atoms with Crippen LogP contribution in [0.4, 0.5) is 0 Å². The van der Waals surface area contributed by atoms with Crippen molar-refractivity contribution < 1.29 is 19.1 Å². The molecule has 25 heavy (non-hydrogen) atoms. The predicted molar refractivity (Wildman–Crippen MR) is 98.0 cm³/mol. The van der Waals surface area contributed by atoms with Gasteiger partial charge in [0, 0.05) is 0 Å². The van der Waals surface area contributed by atoms with Crippen LogP contribution < -0.4 is 0 Å². The molecule has 0 atom stereocenters. The van der Waals surface area contributed by atoms with Crippen LogP contribution in [0, 0.1) is 20.8 Å². The van der Waals surface area contributed by atoms with E-state index in [0.717, 1.165) is 27.8 Å². The zero-order valence-electron chi connectivity index (χ0n) is 15.4. The SMILES string of the molecule is CCOC(=O)c1c(C)c(C)c(-c2ccccc2)c(C)c1C(=O)OCC. The van der Waals surface area contributed by atoms with Gasteiger partial charge in [0.2, 0.25) is 0 Å². The third-order valence-electron chi connectivity index (χ3n) is 4.33. The molecule has 0 unspecified atom stereocenters. The maximum atomic E-state index is 12.6. The first kappa shape index (κ1) is 18.7. The fourth-order valence-electron chi connectivity index (χ4n) is 3.11. The average molecular weight is 340 g/mol. The van der Waals surface area contributed by atoms with Gasteiger partial charge in [0.15, 0.2) is 0 Å². The van der Waals surface area contributed by atoms with Gasteiger partial charge in [0.1, 0.15) is 0 Å². The molecule has 0 amide bonds. The highest BCUT2D eigenvalue weighted by atomic mass is 16.5. The fourth-order valence-corrected chi connectivity index (χ4v) is 3.11. The van der Waals surface area contributed by atoms with Gasteiger partial charge >= 0.3 is 11.9 Å². The van der Waals surface area contributed by atoms with Crippen molar-refractivity contribution in [1.82, 2.24) is 0 Å². The van der Waals surface area contributed by atoms with Crippen LogP contribution in [0.1, 0.15) is 51.3 Å². The van der Waals surface area contributed by atoms with Crippen LogP contribution in [0.25, 0.3) is 11.1 Å². The first-order valence-electron chi connectivity index (χ1n) is 8.47. The summed E-state index contributed by atoms with van der Waals surface area (Å²) in [5.41, 5.74) is 4.98. The van der Waals surface area contributed by atoms with E-state index in [1.54, 1.807) is 13.8 Å². The Kier molecular flexibility index (Phi) is 5.97. The van der Waals surface area contributed by atoms with Gasteiger partial charge in [0.05, 0.1) is 24.3 Å². The third kappa shape index (κ3) is 3.58. The minimum Gasteiger partial charge on any atom is -0.462 e. The first-order valence-corrected chi connectivity index (χ1v) is 8.47. The quantitative estimate of drug-likeness (QED) is 0.745. The number of esters is 2. The van der Waals surface area contributed by atoms with Crippen LogP contribution in [0.2, 0.25) is 0 Å². The van der Waals surface area contributed by atoms with Crippen LogP contribution >= 0.6 is 0 Å². The first-order chi connectivity index (χ1) is 11.9.